The van der Waals surface area contributed by atoms with Gasteiger partial charge in [-0.3, -0.25) is 4.99 Å². The Morgan fingerprint density at radius 3 is 2.45 bits per heavy atom. The lowest BCUT2D eigenvalue weighted by Gasteiger charge is -2.18. The van der Waals surface area contributed by atoms with Gasteiger partial charge in [0.05, 0.1) is 0 Å². The lowest BCUT2D eigenvalue weighted by atomic mass is 10.1. The maximum Gasteiger partial charge on any atom is 0.191 e. The van der Waals surface area contributed by atoms with Crippen molar-refractivity contribution in [1.29, 1.82) is 0 Å². The smallest absolute Gasteiger partial charge is 0.191 e. The molecular formula is C16H26BrIN4. The number of nitrogens with zero attached hydrogens (tertiary/aromatic N) is 2. The Labute approximate surface area is 159 Å². The predicted molar refractivity (Wildman–Crippen MR) is 110 cm³/mol. The normalized spacial score (nSPS) is 16.9. The fourth-order valence-electron chi connectivity index (χ4n) is 2.60. The van der Waals surface area contributed by atoms with E-state index in [9.17, 15) is 0 Å². The van der Waals surface area contributed by atoms with Gasteiger partial charge in [0.15, 0.2) is 5.96 Å². The van der Waals surface area contributed by atoms with Crippen molar-refractivity contribution in [3.8, 4) is 0 Å². The molecule has 6 heteroatoms. The Morgan fingerprint density at radius 2 is 1.86 bits per heavy atom. The zero-order valence-electron chi connectivity index (χ0n) is 13.3. The molecule has 1 aromatic rings. The standard InChI is InChI=1S/C16H25BrN4.HI/c1-3-18-16(19-4-2)20-11-13-9-10-21(12-13)15-7-5-14(17)6-8-15;/h5-8,13H,3-4,9-12H2,1-2H3,(H2,18,19,20);1H. The first-order chi connectivity index (χ1) is 10.2. The minimum atomic E-state index is 0. The SMILES string of the molecule is CCNC(=NCC1CCN(c2ccc(Br)cc2)C1)NCC.I. The average Bonchev–Trinajstić information content (AvgIpc) is 2.95. The Balaban J connectivity index is 0.00000242. The first-order valence-corrected chi connectivity index (χ1v) is 8.55. The molecule has 2 rings (SSSR count). The van der Waals surface area contributed by atoms with Crippen molar-refractivity contribution >= 4 is 51.6 Å². The molecule has 0 aromatic heterocycles. The number of aliphatic imine (C=N–C) groups is 1. The lowest BCUT2D eigenvalue weighted by molar-refractivity contribution is 0.599. The van der Waals surface area contributed by atoms with Crippen LogP contribution >= 0.6 is 39.9 Å². The summed E-state index contributed by atoms with van der Waals surface area (Å²) in [7, 11) is 0. The van der Waals surface area contributed by atoms with E-state index in [-0.39, 0.29) is 24.0 Å². The van der Waals surface area contributed by atoms with Gasteiger partial charge in [-0.25, -0.2) is 0 Å². The molecule has 1 aliphatic rings. The molecule has 22 heavy (non-hydrogen) atoms. The number of anilines is 1. The summed E-state index contributed by atoms with van der Waals surface area (Å²) in [4.78, 5) is 7.14. The van der Waals surface area contributed by atoms with Crippen LogP contribution in [-0.4, -0.2) is 38.7 Å². The third-order valence-corrected chi connectivity index (χ3v) is 4.20. The first-order valence-electron chi connectivity index (χ1n) is 7.75. The largest absolute Gasteiger partial charge is 0.371 e. The van der Waals surface area contributed by atoms with Gasteiger partial charge in [-0.15, -0.1) is 24.0 Å². The molecule has 1 fully saturated rings. The van der Waals surface area contributed by atoms with Crippen LogP contribution in [0.1, 0.15) is 20.3 Å². The summed E-state index contributed by atoms with van der Waals surface area (Å²) >= 11 is 3.49. The molecule has 124 valence electrons. The molecule has 1 saturated heterocycles. The van der Waals surface area contributed by atoms with E-state index in [4.69, 9.17) is 0 Å². The maximum absolute atomic E-state index is 4.69. The maximum atomic E-state index is 4.69. The van der Waals surface area contributed by atoms with E-state index in [1.807, 2.05) is 0 Å². The van der Waals surface area contributed by atoms with Crippen LogP contribution in [0.2, 0.25) is 0 Å². The predicted octanol–water partition coefficient (Wildman–Crippen LogP) is 3.47. The van der Waals surface area contributed by atoms with E-state index in [0.717, 1.165) is 43.2 Å². The van der Waals surface area contributed by atoms with Crippen molar-refractivity contribution in [2.45, 2.75) is 20.3 Å². The highest BCUT2D eigenvalue weighted by atomic mass is 127. The Kier molecular flexibility index (Phi) is 9.16. The molecule has 0 aliphatic carbocycles. The van der Waals surface area contributed by atoms with Gasteiger partial charge in [0.2, 0.25) is 0 Å². The van der Waals surface area contributed by atoms with Gasteiger partial charge in [0, 0.05) is 42.9 Å². The fourth-order valence-corrected chi connectivity index (χ4v) is 2.86. The van der Waals surface area contributed by atoms with Crippen molar-refractivity contribution in [3.63, 3.8) is 0 Å². The van der Waals surface area contributed by atoms with E-state index >= 15 is 0 Å². The molecule has 4 nitrogen and oxygen atoms in total. The second kappa shape index (κ2) is 10.3. The van der Waals surface area contributed by atoms with Gasteiger partial charge in [-0.05, 0) is 50.5 Å². The van der Waals surface area contributed by atoms with Gasteiger partial charge in [0.1, 0.15) is 0 Å². The number of halogens is 2. The Morgan fingerprint density at radius 1 is 1.23 bits per heavy atom. The highest BCUT2D eigenvalue weighted by Gasteiger charge is 2.22. The fraction of sp³-hybridized carbons (Fsp3) is 0.562. The summed E-state index contributed by atoms with van der Waals surface area (Å²) in [5.74, 6) is 1.57. The van der Waals surface area contributed by atoms with Crippen molar-refractivity contribution in [1.82, 2.24) is 10.6 Å². The molecule has 0 radical (unpaired) electrons. The minimum Gasteiger partial charge on any atom is -0.371 e. The van der Waals surface area contributed by atoms with Crippen LogP contribution in [0.4, 0.5) is 5.69 Å². The summed E-state index contributed by atoms with van der Waals surface area (Å²) in [6.45, 7) is 9.11. The number of benzene rings is 1. The highest BCUT2D eigenvalue weighted by Crippen LogP contribution is 2.25. The molecule has 0 spiro atoms. The van der Waals surface area contributed by atoms with Gasteiger partial charge >= 0.3 is 0 Å². The van der Waals surface area contributed by atoms with Crippen LogP contribution in [0, 0.1) is 5.92 Å². The molecule has 1 heterocycles. The van der Waals surface area contributed by atoms with Crippen molar-refractivity contribution < 1.29 is 0 Å². The number of rotatable bonds is 5. The van der Waals surface area contributed by atoms with Gasteiger partial charge in [0.25, 0.3) is 0 Å². The monoisotopic (exact) mass is 480 g/mol. The molecule has 2 N–H and O–H groups in total. The van der Waals surface area contributed by atoms with Gasteiger partial charge < -0.3 is 15.5 Å². The summed E-state index contributed by atoms with van der Waals surface area (Å²) < 4.78 is 1.13. The van der Waals surface area contributed by atoms with E-state index in [1.54, 1.807) is 0 Å². The molecule has 1 unspecified atom stereocenters. The summed E-state index contributed by atoms with van der Waals surface area (Å²) in [5.41, 5.74) is 1.31. The van der Waals surface area contributed by atoms with Crippen LogP contribution in [0.15, 0.2) is 33.7 Å². The summed E-state index contributed by atoms with van der Waals surface area (Å²) in [6, 6.07) is 8.57. The van der Waals surface area contributed by atoms with E-state index in [0.29, 0.717) is 5.92 Å². The van der Waals surface area contributed by atoms with E-state index < -0.39 is 0 Å². The molecule has 0 bridgehead atoms. The second-order valence-electron chi connectivity index (χ2n) is 5.33. The quantitative estimate of drug-likeness (QED) is 0.385. The van der Waals surface area contributed by atoms with Crippen molar-refractivity contribution in [2.75, 3.05) is 37.6 Å². The number of nitrogens with one attached hydrogen (secondary N) is 2. The molecular weight excluding hydrogens is 455 g/mol. The van der Waals surface area contributed by atoms with Crippen molar-refractivity contribution in [2.24, 2.45) is 10.9 Å². The Hall–Kier alpha value is -0.500. The van der Waals surface area contributed by atoms with Crippen LogP contribution in [0.3, 0.4) is 0 Å². The number of hydrogen-bond donors (Lipinski definition) is 2. The molecule has 1 aliphatic heterocycles. The van der Waals surface area contributed by atoms with Gasteiger partial charge in [-0.1, -0.05) is 15.9 Å². The Bertz CT molecular complexity index is 456. The van der Waals surface area contributed by atoms with E-state index in [1.165, 1.54) is 12.1 Å². The molecule has 1 atom stereocenters. The highest BCUT2D eigenvalue weighted by molar-refractivity contribution is 14.0. The summed E-state index contributed by atoms with van der Waals surface area (Å²) in [6.07, 6.45) is 1.21. The third kappa shape index (κ3) is 5.95. The molecule has 0 saturated carbocycles. The molecule has 0 amide bonds. The van der Waals surface area contributed by atoms with Crippen LogP contribution in [-0.2, 0) is 0 Å². The zero-order valence-corrected chi connectivity index (χ0v) is 17.2. The molecule has 1 aromatic carbocycles. The van der Waals surface area contributed by atoms with Crippen LogP contribution < -0.4 is 15.5 Å². The average molecular weight is 481 g/mol. The zero-order chi connectivity index (χ0) is 15.1. The first kappa shape index (κ1) is 19.5. The third-order valence-electron chi connectivity index (χ3n) is 3.67. The van der Waals surface area contributed by atoms with E-state index in [2.05, 4.69) is 74.6 Å². The summed E-state index contributed by atoms with van der Waals surface area (Å²) in [5, 5.41) is 6.55. The van der Waals surface area contributed by atoms with Crippen LogP contribution in [0.5, 0.6) is 0 Å². The topological polar surface area (TPSA) is 39.7 Å². The minimum absolute atomic E-state index is 0. The van der Waals surface area contributed by atoms with Gasteiger partial charge in [-0.2, -0.15) is 0 Å². The van der Waals surface area contributed by atoms with Crippen LogP contribution in [0.25, 0.3) is 0 Å². The number of guanidine groups is 1. The number of hydrogen-bond acceptors (Lipinski definition) is 2. The lowest BCUT2D eigenvalue weighted by Crippen LogP contribution is -2.37. The van der Waals surface area contributed by atoms with Crippen molar-refractivity contribution in [3.05, 3.63) is 28.7 Å². The second-order valence-corrected chi connectivity index (χ2v) is 6.24.